The maximum Gasteiger partial charge on any atom is 0.0986 e. The molecule has 5 heteroatoms. The third-order valence-corrected chi connectivity index (χ3v) is 4.97. The van der Waals surface area contributed by atoms with E-state index in [-0.39, 0.29) is 0 Å². The second kappa shape index (κ2) is 6.31. The Morgan fingerprint density at radius 2 is 2.32 bits per heavy atom. The van der Waals surface area contributed by atoms with Crippen LogP contribution in [0.3, 0.4) is 0 Å². The molecule has 4 nitrogen and oxygen atoms in total. The number of thiazole rings is 1. The molecule has 1 aromatic rings. The molecule has 0 amide bonds. The molecule has 1 aromatic heterocycles. The average molecular weight is 282 g/mol. The number of nitrogens with zero attached hydrogens (tertiary/aromatic N) is 1. The number of hydrogen-bond donors (Lipinski definition) is 1. The first-order valence-corrected chi connectivity index (χ1v) is 7.97. The summed E-state index contributed by atoms with van der Waals surface area (Å²) in [5, 5.41) is 4.81. The molecule has 2 fully saturated rings. The lowest BCUT2D eigenvalue weighted by atomic mass is 10.0. The Bertz CT molecular complexity index is 412. The molecule has 1 atom stereocenters. The Morgan fingerprint density at radius 1 is 1.42 bits per heavy atom. The van der Waals surface area contributed by atoms with Crippen molar-refractivity contribution in [1.82, 2.24) is 10.3 Å². The van der Waals surface area contributed by atoms with Gasteiger partial charge in [0.2, 0.25) is 0 Å². The van der Waals surface area contributed by atoms with Gasteiger partial charge in [0.25, 0.3) is 0 Å². The third-order valence-electron chi connectivity index (χ3n) is 3.71. The second-order valence-corrected chi connectivity index (χ2v) is 6.54. The Balaban J connectivity index is 1.70. The molecule has 0 aromatic carbocycles. The van der Waals surface area contributed by atoms with Crippen LogP contribution in [0.2, 0.25) is 0 Å². The lowest BCUT2D eigenvalue weighted by Gasteiger charge is -2.19. The molecule has 1 aliphatic heterocycles. The lowest BCUT2D eigenvalue weighted by molar-refractivity contribution is 0.0802. The van der Waals surface area contributed by atoms with Crippen LogP contribution in [-0.2, 0) is 22.6 Å². The largest absolute Gasteiger partial charge is 0.381 e. The summed E-state index contributed by atoms with van der Waals surface area (Å²) >= 11 is 1.84. The summed E-state index contributed by atoms with van der Waals surface area (Å²) in [5.41, 5.74) is 1.11. The Kier molecular flexibility index (Phi) is 4.48. The fraction of sp³-hybridized carbons (Fsp3) is 0.786. The van der Waals surface area contributed by atoms with Gasteiger partial charge in [-0.05, 0) is 25.7 Å². The minimum Gasteiger partial charge on any atom is -0.381 e. The van der Waals surface area contributed by atoms with Gasteiger partial charge < -0.3 is 14.8 Å². The van der Waals surface area contributed by atoms with Crippen molar-refractivity contribution in [3.63, 3.8) is 0 Å². The summed E-state index contributed by atoms with van der Waals surface area (Å²) in [6, 6.07) is 0.735. The van der Waals surface area contributed by atoms with Crippen molar-refractivity contribution in [2.45, 2.75) is 50.8 Å². The summed E-state index contributed by atoms with van der Waals surface area (Å²) in [6.45, 7) is 3.29. The van der Waals surface area contributed by atoms with Crippen LogP contribution in [-0.4, -0.2) is 31.3 Å². The van der Waals surface area contributed by atoms with E-state index in [1.54, 1.807) is 7.11 Å². The molecule has 1 saturated heterocycles. The van der Waals surface area contributed by atoms with Gasteiger partial charge in [0.1, 0.15) is 0 Å². The predicted molar refractivity (Wildman–Crippen MR) is 75.5 cm³/mol. The van der Waals surface area contributed by atoms with E-state index < -0.39 is 0 Å². The standard InChI is InChI=1S/C14H22N2O2S/c1-17-9-12-13(7-15-11-4-5-11)19-14(16-12)10-3-2-6-18-8-10/h10-11,15H,2-9H2,1H3. The summed E-state index contributed by atoms with van der Waals surface area (Å²) in [7, 11) is 1.74. The number of hydrogen-bond acceptors (Lipinski definition) is 5. The fourth-order valence-corrected chi connectivity index (χ4v) is 3.56. The first kappa shape index (κ1) is 13.5. The highest BCUT2D eigenvalue weighted by atomic mass is 32.1. The highest BCUT2D eigenvalue weighted by molar-refractivity contribution is 7.11. The van der Waals surface area contributed by atoms with E-state index in [2.05, 4.69) is 5.32 Å². The summed E-state index contributed by atoms with van der Waals surface area (Å²) in [4.78, 5) is 6.14. The number of aromatic nitrogens is 1. The average Bonchev–Trinajstić information content (AvgIpc) is 3.19. The van der Waals surface area contributed by atoms with Gasteiger partial charge in [0.05, 0.1) is 23.9 Å². The van der Waals surface area contributed by atoms with Gasteiger partial charge in [-0.25, -0.2) is 4.98 Å². The topological polar surface area (TPSA) is 43.4 Å². The number of rotatable bonds is 6. The highest BCUT2D eigenvalue weighted by Crippen LogP contribution is 2.31. The lowest BCUT2D eigenvalue weighted by Crippen LogP contribution is -2.15. The minimum absolute atomic E-state index is 0.490. The van der Waals surface area contributed by atoms with E-state index in [4.69, 9.17) is 14.5 Å². The zero-order valence-electron chi connectivity index (χ0n) is 11.5. The highest BCUT2D eigenvalue weighted by Gasteiger charge is 2.24. The van der Waals surface area contributed by atoms with Gasteiger partial charge in [-0.3, -0.25) is 0 Å². The van der Waals surface area contributed by atoms with Crippen molar-refractivity contribution in [2.24, 2.45) is 0 Å². The zero-order valence-corrected chi connectivity index (χ0v) is 12.3. The summed E-state index contributed by atoms with van der Waals surface area (Å²) in [6.07, 6.45) is 5.00. The van der Waals surface area contributed by atoms with Crippen LogP contribution in [0.25, 0.3) is 0 Å². The number of nitrogens with one attached hydrogen (secondary N) is 1. The van der Waals surface area contributed by atoms with Crippen molar-refractivity contribution in [2.75, 3.05) is 20.3 Å². The molecular weight excluding hydrogens is 260 g/mol. The van der Waals surface area contributed by atoms with Crippen molar-refractivity contribution in [3.8, 4) is 0 Å². The Labute approximate surface area is 118 Å². The molecule has 0 radical (unpaired) electrons. The maximum absolute atomic E-state index is 5.57. The fourth-order valence-electron chi connectivity index (χ4n) is 2.43. The van der Waals surface area contributed by atoms with Gasteiger partial charge in [-0.1, -0.05) is 0 Å². The van der Waals surface area contributed by atoms with Crippen molar-refractivity contribution in [3.05, 3.63) is 15.6 Å². The molecule has 1 unspecified atom stereocenters. The van der Waals surface area contributed by atoms with Crippen LogP contribution in [0, 0.1) is 0 Å². The van der Waals surface area contributed by atoms with Crippen LogP contribution in [0.5, 0.6) is 0 Å². The van der Waals surface area contributed by atoms with Crippen LogP contribution in [0.4, 0.5) is 0 Å². The van der Waals surface area contributed by atoms with Gasteiger partial charge in [0.15, 0.2) is 0 Å². The first-order chi connectivity index (χ1) is 9.36. The molecule has 0 spiro atoms. The number of methoxy groups -OCH3 is 1. The van der Waals surface area contributed by atoms with Gasteiger partial charge in [-0.15, -0.1) is 11.3 Å². The summed E-state index contributed by atoms with van der Waals surface area (Å²) in [5.74, 6) is 0.490. The molecule has 19 heavy (non-hydrogen) atoms. The van der Waals surface area contributed by atoms with Crippen LogP contribution >= 0.6 is 11.3 Å². The molecule has 1 aliphatic carbocycles. The Hall–Kier alpha value is -0.490. The predicted octanol–water partition coefficient (Wildman–Crippen LogP) is 2.44. The minimum atomic E-state index is 0.490. The Morgan fingerprint density at radius 3 is 3.00 bits per heavy atom. The normalized spacial score (nSPS) is 23.7. The zero-order chi connectivity index (χ0) is 13.1. The van der Waals surface area contributed by atoms with E-state index in [1.165, 1.54) is 29.1 Å². The molecule has 2 aliphatic rings. The van der Waals surface area contributed by atoms with E-state index in [0.29, 0.717) is 12.5 Å². The smallest absolute Gasteiger partial charge is 0.0986 e. The van der Waals surface area contributed by atoms with E-state index in [9.17, 15) is 0 Å². The van der Waals surface area contributed by atoms with E-state index in [1.807, 2.05) is 11.3 Å². The van der Waals surface area contributed by atoms with Gasteiger partial charge in [-0.2, -0.15) is 0 Å². The van der Waals surface area contributed by atoms with Gasteiger partial charge in [0, 0.05) is 37.1 Å². The van der Waals surface area contributed by atoms with E-state index >= 15 is 0 Å². The monoisotopic (exact) mass is 282 g/mol. The van der Waals surface area contributed by atoms with E-state index in [0.717, 1.165) is 37.9 Å². The quantitative estimate of drug-likeness (QED) is 0.870. The molecule has 0 bridgehead atoms. The van der Waals surface area contributed by atoms with Crippen molar-refractivity contribution < 1.29 is 9.47 Å². The number of ether oxygens (including phenoxy) is 2. The van der Waals surface area contributed by atoms with Crippen molar-refractivity contribution >= 4 is 11.3 Å². The van der Waals surface area contributed by atoms with Crippen molar-refractivity contribution in [1.29, 1.82) is 0 Å². The van der Waals surface area contributed by atoms with Crippen LogP contribution in [0.1, 0.15) is 47.2 Å². The molecular formula is C14H22N2O2S. The third kappa shape index (κ3) is 3.54. The first-order valence-electron chi connectivity index (χ1n) is 7.15. The van der Waals surface area contributed by atoms with Crippen LogP contribution in [0.15, 0.2) is 0 Å². The maximum atomic E-state index is 5.57. The molecule has 106 valence electrons. The molecule has 1 N–H and O–H groups in total. The second-order valence-electron chi connectivity index (χ2n) is 5.42. The molecule has 2 heterocycles. The van der Waals surface area contributed by atoms with Crippen LogP contribution < -0.4 is 5.32 Å². The van der Waals surface area contributed by atoms with Gasteiger partial charge >= 0.3 is 0 Å². The molecule has 1 saturated carbocycles. The SMILES string of the molecule is COCc1nc(C2CCCOC2)sc1CNC1CC1. The molecule has 3 rings (SSSR count). The summed E-state index contributed by atoms with van der Waals surface area (Å²) < 4.78 is 10.9.